The average molecular weight is 263 g/mol. The van der Waals surface area contributed by atoms with Gasteiger partial charge in [-0.25, -0.2) is 9.97 Å². The van der Waals surface area contributed by atoms with Gasteiger partial charge in [-0.3, -0.25) is 0 Å². The molecule has 1 atom stereocenters. The van der Waals surface area contributed by atoms with E-state index in [1.54, 1.807) is 0 Å². The van der Waals surface area contributed by atoms with E-state index >= 15 is 0 Å². The molecule has 1 aromatic heterocycles. The van der Waals surface area contributed by atoms with Crippen molar-refractivity contribution < 1.29 is 4.74 Å². The maximum atomic E-state index is 5.97. The van der Waals surface area contributed by atoms with Crippen LogP contribution < -0.4 is 5.32 Å². The Labute approximate surface area is 116 Å². The molecule has 1 aliphatic carbocycles. The maximum Gasteiger partial charge on any atom is 0.160 e. The molecular formula is C15H25N3O. The molecule has 1 aromatic rings. The normalized spacial score (nSPS) is 18.3. The van der Waals surface area contributed by atoms with E-state index in [0.717, 1.165) is 17.3 Å². The lowest BCUT2D eigenvalue weighted by Crippen LogP contribution is -2.22. The van der Waals surface area contributed by atoms with Crippen LogP contribution in [0.3, 0.4) is 0 Å². The van der Waals surface area contributed by atoms with Gasteiger partial charge >= 0.3 is 0 Å². The standard InChI is InChI=1S/C15H25N3O/c1-4-19-14(12-8-6-5-7-9-12)15-17-11(2)10-13(16-3)18-15/h10,12,14H,4-9H2,1-3H3,(H,16,17,18). The van der Waals surface area contributed by atoms with E-state index in [-0.39, 0.29) is 6.10 Å². The number of nitrogens with zero attached hydrogens (tertiary/aromatic N) is 2. The van der Waals surface area contributed by atoms with Gasteiger partial charge in [-0.05, 0) is 32.6 Å². The highest BCUT2D eigenvalue weighted by Crippen LogP contribution is 2.35. The van der Waals surface area contributed by atoms with Gasteiger partial charge in [-0.15, -0.1) is 0 Å². The predicted octanol–water partition coefficient (Wildman–Crippen LogP) is 3.48. The number of aromatic nitrogens is 2. The second-order valence-electron chi connectivity index (χ2n) is 5.28. The number of anilines is 1. The topological polar surface area (TPSA) is 47.0 Å². The van der Waals surface area contributed by atoms with Crippen LogP contribution in [0.15, 0.2) is 6.07 Å². The van der Waals surface area contributed by atoms with E-state index < -0.39 is 0 Å². The number of ether oxygens (including phenoxy) is 1. The Morgan fingerprint density at radius 1 is 1.32 bits per heavy atom. The van der Waals surface area contributed by atoms with E-state index in [2.05, 4.69) is 15.3 Å². The van der Waals surface area contributed by atoms with Crippen molar-refractivity contribution in [3.8, 4) is 0 Å². The summed E-state index contributed by atoms with van der Waals surface area (Å²) in [6.07, 6.45) is 6.48. The van der Waals surface area contributed by atoms with Gasteiger partial charge in [0.25, 0.3) is 0 Å². The molecule has 0 radical (unpaired) electrons. The molecule has 2 rings (SSSR count). The zero-order chi connectivity index (χ0) is 13.7. The highest BCUT2D eigenvalue weighted by Gasteiger charge is 2.28. The van der Waals surface area contributed by atoms with Crippen LogP contribution in [0.2, 0.25) is 0 Å². The summed E-state index contributed by atoms with van der Waals surface area (Å²) in [6, 6.07) is 1.97. The van der Waals surface area contributed by atoms with Gasteiger partial charge in [0.05, 0.1) is 0 Å². The van der Waals surface area contributed by atoms with Gasteiger partial charge in [0.1, 0.15) is 11.9 Å². The van der Waals surface area contributed by atoms with Crippen molar-refractivity contribution in [1.82, 2.24) is 9.97 Å². The van der Waals surface area contributed by atoms with Crippen LogP contribution >= 0.6 is 0 Å². The zero-order valence-electron chi connectivity index (χ0n) is 12.3. The fraction of sp³-hybridized carbons (Fsp3) is 0.733. The fourth-order valence-electron chi connectivity index (χ4n) is 2.88. The molecule has 4 nitrogen and oxygen atoms in total. The Kier molecular flexibility index (Phi) is 5.14. The van der Waals surface area contributed by atoms with Gasteiger partial charge in [0.2, 0.25) is 0 Å². The minimum Gasteiger partial charge on any atom is -0.373 e. The smallest absolute Gasteiger partial charge is 0.160 e. The van der Waals surface area contributed by atoms with Crippen LogP contribution in [0.4, 0.5) is 5.82 Å². The molecule has 1 fully saturated rings. The van der Waals surface area contributed by atoms with Crippen molar-refractivity contribution >= 4 is 5.82 Å². The summed E-state index contributed by atoms with van der Waals surface area (Å²) < 4.78 is 5.97. The molecular weight excluding hydrogens is 238 g/mol. The summed E-state index contributed by atoms with van der Waals surface area (Å²) >= 11 is 0. The van der Waals surface area contributed by atoms with Crippen molar-refractivity contribution in [2.75, 3.05) is 19.0 Å². The summed E-state index contributed by atoms with van der Waals surface area (Å²) in [5, 5.41) is 3.10. The molecule has 1 N–H and O–H groups in total. The monoisotopic (exact) mass is 263 g/mol. The third-order valence-electron chi connectivity index (χ3n) is 3.81. The van der Waals surface area contributed by atoms with Crippen molar-refractivity contribution in [2.45, 2.75) is 52.1 Å². The molecule has 4 heteroatoms. The molecule has 0 aliphatic heterocycles. The first kappa shape index (κ1) is 14.3. The molecule has 0 aromatic carbocycles. The van der Waals surface area contributed by atoms with Crippen LogP contribution in [0.5, 0.6) is 0 Å². The van der Waals surface area contributed by atoms with E-state index in [1.807, 2.05) is 27.0 Å². The first-order valence-electron chi connectivity index (χ1n) is 7.39. The molecule has 1 aliphatic rings. The molecule has 19 heavy (non-hydrogen) atoms. The SMILES string of the molecule is CCOC(c1nc(C)cc(NC)n1)C1CCCCC1. The van der Waals surface area contributed by atoms with Crippen LogP contribution in [0, 0.1) is 12.8 Å². The van der Waals surface area contributed by atoms with Crippen LogP contribution in [0.1, 0.15) is 56.7 Å². The third kappa shape index (κ3) is 3.66. The van der Waals surface area contributed by atoms with Gasteiger partial charge in [0, 0.05) is 25.4 Å². The van der Waals surface area contributed by atoms with E-state index in [0.29, 0.717) is 12.5 Å². The molecule has 1 heterocycles. The lowest BCUT2D eigenvalue weighted by molar-refractivity contribution is -0.000191. The highest BCUT2D eigenvalue weighted by molar-refractivity contribution is 5.35. The Morgan fingerprint density at radius 2 is 2.05 bits per heavy atom. The van der Waals surface area contributed by atoms with E-state index in [9.17, 15) is 0 Å². The molecule has 0 amide bonds. The van der Waals surface area contributed by atoms with Crippen LogP contribution in [0.25, 0.3) is 0 Å². The minimum absolute atomic E-state index is 0.0531. The Balaban J connectivity index is 2.24. The second-order valence-corrected chi connectivity index (χ2v) is 5.28. The first-order valence-corrected chi connectivity index (χ1v) is 7.39. The van der Waals surface area contributed by atoms with E-state index in [1.165, 1.54) is 32.1 Å². The van der Waals surface area contributed by atoms with Crippen molar-refractivity contribution in [3.63, 3.8) is 0 Å². The summed E-state index contributed by atoms with van der Waals surface area (Å²) in [6.45, 7) is 4.77. The number of hydrogen-bond acceptors (Lipinski definition) is 4. The first-order chi connectivity index (χ1) is 9.24. The van der Waals surface area contributed by atoms with Crippen LogP contribution in [-0.2, 0) is 4.74 Å². The van der Waals surface area contributed by atoms with E-state index in [4.69, 9.17) is 4.74 Å². The summed E-state index contributed by atoms with van der Waals surface area (Å²) in [5.74, 6) is 2.29. The Morgan fingerprint density at radius 3 is 2.68 bits per heavy atom. The summed E-state index contributed by atoms with van der Waals surface area (Å²) in [5.41, 5.74) is 0.995. The zero-order valence-corrected chi connectivity index (χ0v) is 12.3. The molecule has 1 unspecified atom stereocenters. The van der Waals surface area contributed by atoms with Crippen molar-refractivity contribution in [1.29, 1.82) is 0 Å². The minimum atomic E-state index is 0.0531. The highest BCUT2D eigenvalue weighted by atomic mass is 16.5. The second kappa shape index (κ2) is 6.85. The molecule has 1 saturated carbocycles. The lowest BCUT2D eigenvalue weighted by atomic mass is 9.85. The average Bonchev–Trinajstić information content (AvgIpc) is 2.45. The quantitative estimate of drug-likeness (QED) is 0.883. The Hall–Kier alpha value is -1.16. The molecule has 0 spiro atoms. The fourth-order valence-corrected chi connectivity index (χ4v) is 2.88. The molecule has 0 saturated heterocycles. The third-order valence-corrected chi connectivity index (χ3v) is 3.81. The maximum absolute atomic E-state index is 5.97. The van der Waals surface area contributed by atoms with Crippen LogP contribution in [-0.4, -0.2) is 23.6 Å². The van der Waals surface area contributed by atoms with Gasteiger partial charge in [-0.2, -0.15) is 0 Å². The number of nitrogens with one attached hydrogen (secondary N) is 1. The van der Waals surface area contributed by atoms with Gasteiger partial charge in [0.15, 0.2) is 5.82 Å². The summed E-state index contributed by atoms with van der Waals surface area (Å²) in [4.78, 5) is 9.20. The molecule has 106 valence electrons. The predicted molar refractivity (Wildman–Crippen MR) is 77.3 cm³/mol. The number of rotatable bonds is 5. The summed E-state index contributed by atoms with van der Waals surface area (Å²) in [7, 11) is 1.89. The lowest BCUT2D eigenvalue weighted by Gasteiger charge is -2.29. The van der Waals surface area contributed by atoms with Crippen molar-refractivity contribution in [2.24, 2.45) is 5.92 Å². The molecule has 0 bridgehead atoms. The van der Waals surface area contributed by atoms with Gasteiger partial charge in [-0.1, -0.05) is 19.3 Å². The largest absolute Gasteiger partial charge is 0.373 e. The number of aryl methyl sites for hydroxylation is 1. The van der Waals surface area contributed by atoms with Crippen molar-refractivity contribution in [3.05, 3.63) is 17.6 Å². The number of hydrogen-bond donors (Lipinski definition) is 1. The van der Waals surface area contributed by atoms with Gasteiger partial charge < -0.3 is 10.1 Å². The Bertz CT molecular complexity index is 402.